The van der Waals surface area contributed by atoms with Gasteiger partial charge in [0.05, 0.1) is 17.7 Å². The molecule has 0 aliphatic carbocycles. The van der Waals surface area contributed by atoms with Crippen molar-refractivity contribution in [3.05, 3.63) is 59.1 Å². The molecule has 7 nitrogen and oxygen atoms in total. The Morgan fingerprint density at radius 1 is 1.24 bits per heavy atom. The molecular weight excluding hydrogens is 394 g/mol. The van der Waals surface area contributed by atoms with Gasteiger partial charge in [0, 0.05) is 23.9 Å². The van der Waals surface area contributed by atoms with Crippen molar-refractivity contribution in [3.8, 4) is 17.1 Å². The van der Waals surface area contributed by atoms with E-state index < -0.39 is 0 Å². The minimum absolute atomic E-state index is 0.183. The summed E-state index contributed by atoms with van der Waals surface area (Å²) in [5, 5.41) is 8.10. The molecule has 4 rings (SSSR count). The molecule has 0 aliphatic rings. The summed E-state index contributed by atoms with van der Waals surface area (Å²) in [5.74, 6) is 2.02. The lowest BCUT2D eigenvalue weighted by molar-refractivity contribution is -0.116. The Morgan fingerprint density at radius 2 is 2.07 bits per heavy atom. The van der Waals surface area contributed by atoms with Crippen molar-refractivity contribution < 1.29 is 18.5 Å². The first-order valence-electron chi connectivity index (χ1n) is 8.99. The Bertz CT molecular complexity index is 1180. The van der Waals surface area contributed by atoms with Crippen LogP contribution in [0, 0.1) is 6.92 Å². The van der Waals surface area contributed by atoms with E-state index in [-0.39, 0.29) is 12.3 Å². The van der Waals surface area contributed by atoms with Gasteiger partial charge in [0.2, 0.25) is 17.6 Å². The Hall–Kier alpha value is -3.32. The van der Waals surface area contributed by atoms with Crippen molar-refractivity contribution in [3.63, 3.8) is 0 Å². The second-order valence-corrected chi connectivity index (χ2v) is 6.90. The topological polar surface area (TPSA) is 90.4 Å². The van der Waals surface area contributed by atoms with Crippen molar-refractivity contribution in [2.24, 2.45) is 0 Å². The molecule has 0 unspecified atom stereocenters. The predicted octanol–water partition coefficient (Wildman–Crippen LogP) is 5.02. The van der Waals surface area contributed by atoms with Gasteiger partial charge in [-0.25, -0.2) is 0 Å². The number of hydrogen-bond acceptors (Lipinski definition) is 6. The Balaban J connectivity index is 1.41. The maximum Gasteiger partial charge on any atom is 0.227 e. The summed E-state index contributed by atoms with van der Waals surface area (Å²) in [6.07, 6.45) is 0.502. The minimum atomic E-state index is -0.183. The van der Waals surface area contributed by atoms with Crippen LogP contribution in [0.1, 0.15) is 18.1 Å². The lowest BCUT2D eigenvalue weighted by Gasteiger charge is -2.05. The molecule has 1 N–H and O–H groups in total. The van der Waals surface area contributed by atoms with Gasteiger partial charge in [-0.05, 0) is 37.3 Å². The highest BCUT2D eigenvalue weighted by Crippen LogP contribution is 2.30. The van der Waals surface area contributed by atoms with Gasteiger partial charge in [-0.3, -0.25) is 4.79 Å². The van der Waals surface area contributed by atoms with Gasteiger partial charge in [-0.1, -0.05) is 28.9 Å². The molecule has 0 atom stereocenters. The van der Waals surface area contributed by atoms with Crippen LogP contribution in [-0.4, -0.2) is 23.2 Å². The first-order chi connectivity index (χ1) is 14.0. The highest BCUT2D eigenvalue weighted by atomic mass is 35.5. The monoisotopic (exact) mass is 411 g/mol. The number of aromatic nitrogens is 2. The Labute approximate surface area is 171 Å². The average molecular weight is 412 g/mol. The zero-order valence-corrected chi connectivity index (χ0v) is 16.6. The Morgan fingerprint density at radius 3 is 2.90 bits per heavy atom. The van der Waals surface area contributed by atoms with E-state index in [0.29, 0.717) is 40.2 Å². The number of nitrogens with one attached hydrogen (secondary N) is 1. The average Bonchev–Trinajstić information content (AvgIpc) is 3.32. The van der Waals surface area contributed by atoms with Gasteiger partial charge in [0.1, 0.15) is 11.5 Å². The second-order valence-electron chi connectivity index (χ2n) is 6.49. The van der Waals surface area contributed by atoms with E-state index in [2.05, 4.69) is 15.5 Å². The van der Waals surface area contributed by atoms with Gasteiger partial charge >= 0.3 is 0 Å². The van der Waals surface area contributed by atoms with Crippen LogP contribution >= 0.6 is 11.6 Å². The standard InChI is InChI=1S/C21H18ClN3O4/c1-12-9-13-10-14(11-16(22)20(13)28-12)23-18(26)7-8-19-24-21(25-29-19)15-5-3-4-6-17(15)27-2/h3-6,9-11H,7-8H2,1-2H3,(H,23,26). The number of carbonyl (C=O) groups excluding carboxylic acids is 1. The molecule has 8 heteroatoms. The molecule has 0 bridgehead atoms. The van der Waals surface area contributed by atoms with E-state index in [1.165, 1.54) is 0 Å². The third kappa shape index (κ3) is 4.09. The molecule has 0 fully saturated rings. The lowest BCUT2D eigenvalue weighted by atomic mass is 10.2. The number of nitrogens with zero attached hydrogens (tertiary/aromatic N) is 2. The molecular formula is C21H18ClN3O4. The molecule has 2 aromatic heterocycles. The van der Waals surface area contributed by atoms with Crippen LogP contribution in [0.15, 0.2) is 51.4 Å². The number of methoxy groups -OCH3 is 1. The summed E-state index contributed by atoms with van der Waals surface area (Å²) in [5.41, 5.74) is 1.94. The molecule has 0 saturated heterocycles. The van der Waals surface area contributed by atoms with E-state index >= 15 is 0 Å². The summed E-state index contributed by atoms with van der Waals surface area (Å²) >= 11 is 6.23. The van der Waals surface area contributed by atoms with E-state index in [0.717, 1.165) is 16.7 Å². The fourth-order valence-electron chi connectivity index (χ4n) is 3.05. The van der Waals surface area contributed by atoms with Crippen molar-refractivity contribution in [2.75, 3.05) is 12.4 Å². The number of ether oxygens (including phenoxy) is 1. The molecule has 148 valence electrons. The number of rotatable bonds is 6. The fourth-order valence-corrected chi connectivity index (χ4v) is 3.32. The molecule has 29 heavy (non-hydrogen) atoms. The summed E-state index contributed by atoms with van der Waals surface area (Å²) in [6, 6.07) is 12.8. The second kappa shape index (κ2) is 7.97. The zero-order chi connectivity index (χ0) is 20.4. The van der Waals surface area contributed by atoms with Crippen LogP contribution in [0.3, 0.4) is 0 Å². The first kappa shape index (κ1) is 19.0. The predicted molar refractivity (Wildman–Crippen MR) is 109 cm³/mol. The van der Waals surface area contributed by atoms with Gasteiger partial charge in [0.15, 0.2) is 5.58 Å². The number of furan rings is 1. The number of fused-ring (bicyclic) bond motifs is 1. The molecule has 0 radical (unpaired) electrons. The van der Waals surface area contributed by atoms with Crippen molar-refractivity contribution >= 4 is 34.2 Å². The quantitative estimate of drug-likeness (QED) is 0.478. The molecule has 0 saturated carbocycles. The fraction of sp³-hybridized carbons (Fsp3) is 0.190. The van der Waals surface area contributed by atoms with Crippen molar-refractivity contribution in [2.45, 2.75) is 19.8 Å². The summed E-state index contributed by atoms with van der Waals surface area (Å²) in [4.78, 5) is 16.7. The molecule has 0 spiro atoms. The third-order valence-corrected chi connectivity index (χ3v) is 4.64. The minimum Gasteiger partial charge on any atom is -0.496 e. The SMILES string of the molecule is COc1ccccc1-c1noc(CCC(=O)Nc2cc(Cl)c3oc(C)cc3c2)n1. The molecule has 4 aromatic rings. The maximum absolute atomic E-state index is 12.3. The van der Waals surface area contributed by atoms with E-state index in [1.807, 2.05) is 43.3 Å². The molecule has 2 aromatic carbocycles. The number of aryl methyl sites for hydroxylation is 2. The van der Waals surface area contributed by atoms with E-state index in [9.17, 15) is 4.79 Å². The lowest BCUT2D eigenvalue weighted by Crippen LogP contribution is -2.12. The third-order valence-electron chi connectivity index (χ3n) is 4.36. The highest BCUT2D eigenvalue weighted by Gasteiger charge is 2.15. The van der Waals surface area contributed by atoms with E-state index in [1.54, 1.807) is 13.2 Å². The van der Waals surface area contributed by atoms with Gasteiger partial charge in [-0.15, -0.1) is 0 Å². The van der Waals surface area contributed by atoms with Crippen LogP contribution in [0.25, 0.3) is 22.4 Å². The summed E-state index contributed by atoms with van der Waals surface area (Å²) < 4.78 is 16.1. The number of para-hydroxylation sites is 1. The maximum atomic E-state index is 12.3. The van der Waals surface area contributed by atoms with Crippen LogP contribution in [0.5, 0.6) is 5.75 Å². The number of hydrogen-bond donors (Lipinski definition) is 1. The number of amides is 1. The largest absolute Gasteiger partial charge is 0.496 e. The molecule has 0 aliphatic heterocycles. The first-order valence-corrected chi connectivity index (χ1v) is 9.37. The van der Waals surface area contributed by atoms with Crippen LogP contribution < -0.4 is 10.1 Å². The van der Waals surface area contributed by atoms with Gasteiger partial charge in [-0.2, -0.15) is 4.98 Å². The van der Waals surface area contributed by atoms with Crippen molar-refractivity contribution in [1.29, 1.82) is 0 Å². The Kier molecular flexibility index (Phi) is 5.22. The van der Waals surface area contributed by atoms with Gasteiger partial charge in [0.25, 0.3) is 0 Å². The summed E-state index contributed by atoms with van der Waals surface area (Å²) in [6.45, 7) is 1.85. The zero-order valence-electron chi connectivity index (χ0n) is 15.9. The number of halogens is 1. The van der Waals surface area contributed by atoms with Crippen LogP contribution in [0.4, 0.5) is 5.69 Å². The smallest absolute Gasteiger partial charge is 0.227 e. The highest BCUT2D eigenvalue weighted by molar-refractivity contribution is 6.35. The number of carbonyl (C=O) groups is 1. The van der Waals surface area contributed by atoms with Crippen molar-refractivity contribution in [1.82, 2.24) is 10.1 Å². The van der Waals surface area contributed by atoms with Crippen LogP contribution in [-0.2, 0) is 11.2 Å². The number of benzene rings is 2. The molecule has 2 heterocycles. The normalized spacial score (nSPS) is 11.0. The number of anilines is 1. The van der Waals surface area contributed by atoms with E-state index in [4.69, 9.17) is 25.3 Å². The van der Waals surface area contributed by atoms with Gasteiger partial charge < -0.3 is 19.0 Å². The summed E-state index contributed by atoms with van der Waals surface area (Å²) in [7, 11) is 1.58. The molecule has 1 amide bonds. The van der Waals surface area contributed by atoms with Crippen LogP contribution in [0.2, 0.25) is 5.02 Å².